The van der Waals surface area contributed by atoms with Gasteiger partial charge in [0.25, 0.3) is 0 Å². The Labute approximate surface area is 99.6 Å². The first-order chi connectivity index (χ1) is 7.63. The third-order valence-electron chi connectivity index (χ3n) is 2.73. The van der Waals surface area contributed by atoms with Crippen LogP contribution in [0.2, 0.25) is 0 Å². The smallest absolute Gasteiger partial charge is 0.123 e. The maximum absolute atomic E-state index is 13.3. The Morgan fingerprint density at radius 3 is 2.75 bits per heavy atom. The lowest BCUT2D eigenvalue weighted by molar-refractivity contribution is 0.618. The summed E-state index contributed by atoms with van der Waals surface area (Å²) in [5, 5.41) is 1.04. The van der Waals surface area contributed by atoms with E-state index in [-0.39, 0.29) is 5.82 Å². The highest BCUT2D eigenvalue weighted by atomic mass is 32.2. The van der Waals surface area contributed by atoms with Crippen LogP contribution in [0.5, 0.6) is 0 Å². The van der Waals surface area contributed by atoms with Crippen LogP contribution >= 0.6 is 11.8 Å². The number of fused-ring (bicyclic) bond motifs is 1. The van der Waals surface area contributed by atoms with Crippen molar-refractivity contribution in [1.82, 2.24) is 4.57 Å². The van der Waals surface area contributed by atoms with Crippen molar-refractivity contribution in [2.75, 3.05) is 6.26 Å². The molecule has 0 radical (unpaired) electrons. The number of aromatic nitrogens is 1. The van der Waals surface area contributed by atoms with Crippen LogP contribution in [0.1, 0.15) is 25.5 Å². The highest BCUT2D eigenvalue weighted by Crippen LogP contribution is 2.27. The Balaban J connectivity index is 2.66. The fraction of sp³-hybridized carbons (Fsp3) is 0.385. The second-order valence-electron chi connectivity index (χ2n) is 4.25. The van der Waals surface area contributed by atoms with Gasteiger partial charge in [-0.1, -0.05) is 0 Å². The molecule has 3 heteroatoms. The third kappa shape index (κ3) is 1.96. The van der Waals surface area contributed by atoms with E-state index >= 15 is 0 Å². The van der Waals surface area contributed by atoms with Gasteiger partial charge in [-0.25, -0.2) is 4.39 Å². The topological polar surface area (TPSA) is 4.93 Å². The van der Waals surface area contributed by atoms with Gasteiger partial charge >= 0.3 is 0 Å². The van der Waals surface area contributed by atoms with E-state index in [0.717, 1.165) is 16.7 Å². The summed E-state index contributed by atoms with van der Waals surface area (Å²) in [6, 6.07) is 5.45. The van der Waals surface area contributed by atoms with Gasteiger partial charge in [-0.15, -0.1) is 0 Å². The van der Waals surface area contributed by atoms with E-state index in [1.165, 1.54) is 11.6 Å². The van der Waals surface area contributed by atoms with Crippen molar-refractivity contribution >= 4 is 22.7 Å². The van der Waals surface area contributed by atoms with Crippen molar-refractivity contribution in [2.24, 2.45) is 0 Å². The van der Waals surface area contributed by atoms with Crippen LogP contribution in [-0.4, -0.2) is 10.8 Å². The molecule has 86 valence electrons. The lowest BCUT2D eigenvalue weighted by atomic mass is 10.2. The Morgan fingerprint density at radius 1 is 1.38 bits per heavy atom. The van der Waals surface area contributed by atoms with Crippen LogP contribution in [0, 0.1) is 5.82 Å². The lowest BCUT2D eigenvalue weighted by Gasteiger charge is -2.08. The van der Waals surface area contributed by atoms with Crippen molar-refractivity contribution in [3.63, 3.8) is 0 Å². The Morgan fingerprint density at radius 2 is 2.12 bits per heavy atom. The second-order valence-corrected chi connectivity index (χ2v) is 5.12. The van der Waals surface area contributed by atoms with E-state index in [2.05, 4.69) is 30.9 Å². The van der Waals surface area contributed by atoms with E-state index in [9.17, 15) is 4.39 Å². The minimum atomic E-state index is -0.156. The molecule has 2 rings (SSSR count). The molecule has 1 nitrogen and oxygen atoms in total. The first kappa shape index (κ1) is 11.5. The fourth-order valence-electron chi connectivity index (χ4n) is 2.00. The summed E-state index contributed by atoms with van der Waals surface area (Å²) in [6.07, 6.45) is 4.21. The summed E-state index contributed by atoms with van der Waals surface area (Å²) in [7, 11) is 0. The number of nitrogens with zero attached hydrogens (tertiary/aromatic N) is 1. The molecule has 0 N–H and O–H groups in total. The lowest BCUT2D eigenvalue weighted by Crippen LogP contribution is -1.97. The Kier molecular flexibility index (Phi) is 3.24. The number of halogens is 1. The number of rotatable bonds is 3. The van der Waals surface area contributed by atoms with Crippen LogP contribution in [0.4, 0.5) is 4.39 Å². The van der Waals surface area contributed by atoms with E-state index < -0.39 is 0 Å². The van der Waals surface area contributed by atoms with E-state index in [1.54, 1.807) is 17.8 Å². The molecule has 1 aromatic heterocycles. The largest absolute Gasteiger partial charge is 0.345 e. The van der Waals surface area contributed by atoms with Gasteiger partial charge in [0.15, 0.2) is 0 Å². The molecule has 1 aromatic carbocycles. The van der Waals surface area contributed by atoms with Crippen molar-refractivity contribution < 1.29 is 4.39 Å². The van der Waals surface area contributed by atoms with Crippen LogP contribution in [0.3, 0.4) is 0 Å². The summed E-state index contributed by atoms with van der Waals surface area (Å²) in [5.74, 6) is 0.774. The molecule has 0 saturated carbocycles. The summed E-state index contributed by atoms with van der Waals surface area (Å²) < 4.78 is 15.5. The van der Waals surface area contributed by atoms with Gasteiger partial charge < -0.3 is 4.57 Å². The fourth-order valence-corrected chi connectivity index (χ4v) is 2.54. The summed E-state index contributed by atoms with van der Waals surface area (Å²) in [5.41, 5.74) is 2.34. The van der Waals surface area contributed by atoms with Gasteiger partial charge in [0.2, 0.25) is 0 Å². The highest BCUT2D eigenvalue weighted by Gasteiger charge is 2.10. The first-order valence-corrected chi connectivity index (χ1v) is 6.80. The van der Waals surface area contributed by atoms with E-state index in [0.29, 0.717) is 6.04 Å². The number of thioether (sulfide) groups is 1. The van der Waals surface area contributed by atoms with Crippen LogP contribution in [-0.2, 0) is 5.75 Å². The average Bonchev–Trinajstić information content (AvgIpc) is 2.58. The average molecular weight is 237 g/mol. The zero-order chi connectivity index (χ0) is 11.7. The molecule has 0 saturated heterocycles. The van der Waals surface area contributed by atoms with E-state index in [1.807, 2.05) is 6.07 Å². The SMILES string of the molecule is CSCc1cn(C(C)C)c2ccc(F)cc12. The predicted molar refractivity (Wildman–Crippen MR) is 69.5 cm³/mol. The third-order valence-corrected chi connectivity index (χ3v) is 3.33. The number of hydrogen-bond donors (Lipinski definition) is 0. The van der Waals surface area contributed by atoms with Gasteiger partial charge in [-0.05, 0) is 43.9 Å². The molecule has 0 atom stereocenters. The molecule has 16 heavy (non-hydrogen) atoms. The van der Waals surface area contributed by atoms with Crippen molar-refractivity contribution in [1.29, 1.82) is 0 Å². The van der Waals surface area contributed by atoms with Gasteiger partial charge in [0.05, 0.1) is 0 Å². The number of benzene rings is 1. The Bertz CT molecular complexity index is 502. The molecule has 0 spiro atoms. The van der Waals surface area contributed by atoms with Gasteiger partial charge in [-0.2, -0.15) is 11.8 Å². The molecule has 0 unspecified atom stereocenters. The second kappa shape index (κ2) is 4.50. The predicted octanol–water partition coefficient (Wildman–Crippen LogP) is 4.22. The maximum Gasteiger partial charge on any atom is 0.123 e. The minimum Gasteiger partial charge on any atom is -0.345 e. The van der Waals surface area contributed by atoms with Gasteiger partial charge in [0.1, 0.15) is 5.82 Å². The molecule has 0 aliphatic carbocycles. The zero-order valence-corrected chi connectivity index (χ0v) is 10.6. The zero-order valence-electron chi connectivity index (χ0n) is 9.83. The molecular formula is C13H16FNS. The number of hydrogen-bond acceptors (Lipinski definition) is 1. The maximum atomic E-state index is 13.3. The monoisotopic (exact) mass is 237 g/mol. The first-order valence-electron chi connectivity index (χ1n) is 5.41. The molecule has 0 fully saturated rings. The van der Waals surface area contributed by atoms with Crippen molar-refractivity contribution in [2.45, 2.75) is 25.6 Å². The minimum absolute atomic E-state index is 0.156. The molecule has 0 amide bonds. The highest BCUT2D eigenvalue weighted by molar-refractivity contribution is 7.97. The van der Waals surface area contributed by atoms with Gasteiger partial charge in [-0.3, -0.25) is 0 Å². The molecule has 1 heterocycles. The molecule has 0 aliphatic rings. The van der Waals surface area contributed by atoms with Crippen molar-refractivity contribution in [3.05, 3.63) is 35.8 Å². The summed E-state index contributed by atoms with van der Waals surface area (Å²) in [4.78, 5) is 0. The molecule has 0 bridgehead atoms. The van der Waals surface area contributed by atoms with Crippen LogP contribution in [0.25, 0.3) is 10.9 Å². The van der Waals surface area contributed by atoms with Crippen LogP contribution in [0.15, 0.2) is 24.4 Å². The van der Waals surface area contributed by atoms with Crippen LogP contribution < -0.4 is 0 Å². The Hall–Kier alpha value is -0.960. The van der Waals surface area contributed by atoms with Crippen molar-refractivity contribution in [3.8, 4) is 0 Å². The molecular weight excluding hydrogens is 221 g/mol. The van der Waals surface area contributed by atoms with E-state index in [4.69, 9.17) is 0 Å². The standard InChI is InChI=1S/C13H16FNS/c1-9(2)15-7-10(8-16-3)12-6-11(14)4-5-13(12)15/h4-7,9H,8H2,1-3H3. The summed E-state index contributed by atoms with van der Waals surface area (Å²) >= 11 is 1.76. The quantitative estimate of drug-likeness (QED) is 0.773. The molecule has 0 aliphatic heterocycles. The molecule has 2 aromatic rings. The normalized spacial score (nSPS) is 11.6. The summed E-state index contributed by atoms with van der Waals surface area (Å²) in [6.45, 7) is 4.29. The van der Waals surface area contributed by atoms with Gasteiger partial charge in [0, 0.05) is 28.9 Å².